The summed E-state index contributed by atoms with van der Waals surface area (Å²) in [6.45, 7) is 0. The fourth-order valence-electron chi connectivity index (χ4n) is 3.14. The first kappa shape index (κ1) is 16.6. The van der Waals surface area contributed by atoms with Gasteiger partial charge in [-0.1, -0.05) is 34.1 Å². The zero-order valence-electron chi connectivity index (χ0n) is 13.7. The quantitative estimate of drug-likeness (QED) is 0.856. The lowest BCUT2D eigenvalue weighted by molar-refractivity contribution is -0.116. The van der Waals surface area contributed by atoms with E-state index in [4.69, 9.17) is 14.2 Å². The number of carbonyl (C=O) groups is 1. The molecule has 0 saturated carbocycles. The van der Waals surface area contributed by atoms with Crippen LogP contribution in [0.15, 0.2) is 34.8 Å². The molecule has 2 aromatic carbocycles. The van der Waals surface area contributed by atoms with Gasteiger partial charge in [-0.05, 0) is 11.6 Å². The summed E-state index contributed by atoms with van der Waals surface area (Å²) in [6.07, 6.45) is 0.335. The number of halogens is 1. The highest BCUT2D eigenvalue weighted by atomic mass is 79.9. The second-order valence-electron chi connectivity index (χ2n) is 5.43. The molecule has 126 valence electrons. The fourth-order valence-corrected chi connectivity index (χ4v) is 3.70. The predicted molar refractivity (Wildman–Crippen MR) is 95.3 cm³/mol. The molecule has 6 heteroatoms. The lowest BCUT2D eigenvalue weighted by atomic mass is 9.84. The molecule has 0 fully saturated rings. The average Bonchev–Trinajstić information content (AvgIpc) is 2.59. The van der Waals surface area contributed by atoms with Crippen molar-refractivity contribution in [1.29, 1.82) is 0 Å². The molecular formula is C18H18BrNO4. The Hall–Kier alpha value is -2.21. The van der Waals surface area contributed by atoms with Crippen LogP contribution in [0.2, 0.25) is 0 Å². The molecule has 1 amide bonds. The molecule has 24 heavy (non-hydrogen) atoms. The zero-order chi connectivity index (χ0) is 17.3. The van der Waals surface area contributed by atoms with Crippen molar-refractivity contribution in [2.45, 2.75) is 12.3 Å². The van der Waals surface area contributed by atoms with E-state index in [1.54, 1.807) is 27.4 Å². The minimum atomic E-state index is -0.140. The number of amides is 1. The molecular weight excluding hydrogens is 374 g/mol. The normalized spacial score (nSPS) is 16.2. The maximum absolute atomic E-state index is 12.2. The molecule has 1 atom stereocenters. The van der Waals surface area contributed by atoms with Crippen molar-refractivity contribution < 1.29 is 19.0 Å². The number of benzene rings is 2. The number of fused-ring (bicyclic) bond motifs is 1. The fraction of sp³-hybridized carbons (Fsp3) is 0.278. The molecule has 0 aromatic heterocycles. The molecule has 0 spiro atoms. The Kier molecular flexibility index (Phi) is 4.66. The number of rotatable bonds is 4. The second kappa shape index (κ2) is 6.73. The van der Waals surface area contributed by atoms with E-state index in [0.29, 0.717) is 29.4 Å². The van der Waals surface area contributed by atoms with Crippen LogP contribution in [0.1, 0.15) is 23.5 Å². The summed E-state index contributed by atoms with van der Waals surface area (Å²) in [6, 6.07) is 9.66. The van der Waals surface area contributed by atoms with Gasteiger partial charge in [0.25, 0.3) is 0 Å². The van der Waals surface area contributed by atoms with Crippen LogP contribution in [0.3, 0.4) is 0 Å². The van der Waals surface area contributed by atoms with Gasteiger partial charge in [0.15, 0.2) is 11.5 Å². The summed E-state index contributed by atoms with van der Waals surface area (Å²) < 4.78 is 17.5. The van der Waals surface area contributed by atoms with E-state index < -0.39 is 0 Å². The highest BCUT2D eigenvalue weighted by molar-refractivity contribution is 9.10. The van der Waals surface area contributed by atoms with Crippen molar-refractivity contribution in [3.05, 3.63) is 45.9 Å². The van der Waals surface area contributed by atoms with E-state index in [2.05, 4.69) is 21.2 Å². The summed E-state index contributed by atoms with van der Waals surface area (Å²) in [5.41, 5.74) is 2.60. The minimum Gasteiger partial charge on any atom is -0.493 e. The third-order valence-corrected chi connectivity index (χ3v) is 4.88. The molecule has 3 rings (SSSR count). The summed E-state index contributed by atoms with van der Waals surface area (Å²) in [5, 5.41) is 2.91. The molecule has 5 nitrogen and oxygen atoms in total. The van der Waals surface area contributed by atoms with Gasteiger partial charge in [-0.25, -0.2) is 0 Å². The maximum Gasteiger partial charge on any atom is 0.225 e. The van der Waals surface area contributed by atoms with Crippen LogP contribution in [0, 0.1) is 0 Å². The van der Waals surface area contributed by atoms with E-state index in [-0.39, 0.29) is 11.8 Å². The van der Waals surface area contributed by atoms with E-state index in [1.165, 1.54) is 0 Å². The summed E-state index contributed by atoms with van der Waals surface area (Å²) in [4.78, 5) is 12.2. The summed E-state index contributed by atoms with van der Waals surface area (Å²) in [7, 11) is 4.71. The molecule has 2 aromatic rings. The Balaban J connectivity index is 2.28. The summed E-state index contributed by atoms with van der Waals surface area (Å²) >= 11 is 3.59. The highest BCUT2D eigenvalue weighted by Gasteiger charge is 2.34. The molecule has 0 saturated heterocycles. The van der Waals surface area contributed by atoms with Gasteiger partial charge in [-0.3, -0.25) is 4.79 Å². The number of hydrogen-bond acceptors (Lipinski definition) is 4. The Morgan fingerprint density at radius 3 is 2.42 bits per heavy atom. The molecule has 1 aliphatic rings. The van der Waals surface area contributed by atoms with Gasteiger partial charge in [-0.15, -0.1) is 0 Å². The van der Waals surface area contributed by atoms with Crippen LogP contribution >= 0.6 is 15.9 Å². The van der Waals surface area contributed by atoms with Crippen LogP contribution in [0.5, 0.6) is 17.2 Å². The first-order chi connectivity index (χ1) is 11.6. The van der Waals surface area contributed by atoms with Crippen molar-refractivity contribution in [1.82, 2.24) is 0 Å². The molecule has 1 aliphatic heterocycles. The molecule has 1 heterocycles. The topological polar surface area (TPSA) is 56.8 Å². The first-order valence-corrected chi connectivity index (χ1v) is 8.27. The molecule has 0 aliphatic carbocycles. The van der Waals surface area contributed by atoms with Gasteiger partial charge in [0.2, 0.25) is 11.7 Å². The van der Waals surface area contributed by atoms with Gasteiger partial charge < -0.3 is 19.5 Å². The molecule has 0 bridgehead atoms. The van der Waals surface area contributed by atoms with Crippen molar-refractivity contribution in [2.24, 2.45) is 0 Å². The first-order valence-electron chi connectivity index (χ1n) is 7.47. The third kappa shape index (κ3) is 2.71. The third-order valence-electron chi connectivity index (χ3n) is 4.16. The van der Waals surface area contributed by atoms with Crippen LogP contribution in [-0.4, -0.2) is 27.2 Å². The van der Waals surface area contributed by atoms with Crippen LogP contribution < -0.4 is 19.5 Å². The smallest absolute Gasteiger partial charge is 0.225 e. The largest absolute Gasteiger partial charge is 0.493 e. The SMILES string of the molecule is COc1cc2c(c(OC)c1OC)[C@H](c1ccccc1Br)CC(=O)N2. The predicted octanol–water partition coefficient (Wildman–Crippen LogP) is 3.95. The lowest BCUT2D eigenvalue weighted by Gasteiger charge is -2.30. The molecule has 0 unspecified atom stereocenters. The van der Waals surface area contributed by atoms with E-state index in [0.717, 1.165) is 15.6 Å². The Morgan fingerprint density at radius 2 is 1.79 bits per heavy atom. The Morgan fingerprint density at radius 1 is 1.08 bits per heavy atom. The van der Waals surface area contributed by atoms with Crippen molar-refractivity contribution >= 4 is 27.5 Å². The number of methoxy groups -OCH3 is 3. The van der Waals surface area contributed by atoms with E-state index in [9.17, 15) is 4.79 Å². The Bertz CT molecular complexity index is 791. The number of ether oxygens (including phenoxy) is 3. The van der Waals surface area contributed by atoms with Crippen LogP contribution in [0.4, 0.5) is 5.69 Å². The lowest BCUT2D eigenvalue weighted by Crippen LogP contribution is -2.24. The number of carbonyl (C=O) groups excluding carboxylic acids is 1. The highest BCUT2D eigenvalue weighted by Crippen LogP contribution is 2.51. The van der Waals surface area contributed by atoms with Crippen molar-refractivity contribution in [3.63, 3.8) is 0 Å². The summed E-state index contributed by atoms with van der Waals surface area (Å²) in [5.74, 6) is 1.43. The standard InChI is InChI=1S/C18H18BrNO4/c1-22-14-9-13-16(18(24-3)17(14)23-2)11(8-15(21)20-13)10-6-4-5-7-12(10)19/h4-7,9,11H,8H2,1-3H3,(H,20,21)/t11-/m0/s1. The molecule has 0 radical (unpaired) electrons. The molecule has 1 N–H and O–H groups in total. The number of nitrogens with one attached hydrogen (secondary N) is 1. The zero-order valence-corrected chi connectivity index (χ0v) is 15.3. The van der Waals surface area contributed by atoms with Gasteiger partial charge >= 0.3 is 0 Å². The van der Waals surface area contributed by atoms with Crippen molar-refractivity contribution in [3.8, 4) is 17.2 Å². The van der Waals surface area contributed by atoms with Gasteiger partial charge in [-0.2, -0.15) is 0 Å². The number of hydrogen-bond donors (Lipinski definition) is 1. The minimum absolute atomic E-state index is 0.0440. The van der Waals surface area contributed by atoms with Crippen molar-refractivity contribution in [2.75, 3.05) is 26.6 Å². The maximum atomic E-state index is 12.2. The number of anilines is 1. The van der Waals surface area contributed by atoms with E-state index in [1.807, 2.05) is 24.3 Å². The second-order valence-corrected chi connectivity index (χ2v) is 6.29. The monoisotopic (exact) mass is 391 g/mol. The van der Waals surface area contributed by atoms with Crippen LogP contribution in [0.25, 0.3) is 0 Å². The van der Waals surface area contributed by atoms with Gasteiger partial charge in [0, 0.05) is 28.4 Å². The van der Waals surface area contributed by atoms with Gasteiger partial charge in [0.05, 0.1) is 27.0 Å². The van der Waals surface area contributed by atoms with Crippen LogP contribution in [-0.2, 0) is 4.79 Å². The van der Waals surface area contributed by atoms with E-state index >= 15 is 0 Å². The Labute approximate surface area is 149 Å². The van der Waals surface area contributed by atoms with Gasteiger partial charge in [0.1, 0.15) is 0 Å². The average molecular weight is 392 g/mol.